The molecule has 0 aliphatic heterocycles. The van der Waals surface area contributed by atoms with Crippen molar-refractivity contribution in [2.45, 2.75) is 10.2 Å². The first kappa shape index (κ1) is 16.2. The first-order valence-corrected chi connectivity index (χ1v) is 8.53. The number of benzene rings is 1. The monoisotopic (exact) mass is 366 g/mol. The number of hydrogen-bond donors (Lipinski definition) is 2. The number of rotatable bonds is 4. The SMILES string of the molecule is Cn1ccnc1Sc1ccc2nc(NC(=O)c3ccccc3O)cn2n1. The van der Waals surface area contributed by atoms with Crippen LogP contribution in [0, 0.1) is 0 Å². The molecule has 0 radical (unpaired) electrons. The molecule has 0 aliphatic carbocycles. The fraction of sp³-hybridized carbons (Fsp3) is 0.0588. The normalized spacial score (nSPS) is 11.0. The quantitative estimate of drug-likeness (QED) is 0.576. The lowest BCUT2D eigenvalue weighted by Gasteiger charge is -2.03. The highest BCUT2D eigenvalue weighted by Crippen LogP contribution is 2.24. The number of carbonyl (C=O) groups excluding carboxylic acids is 1. The van der Waals surface area contributed by atoms with E-state index >= 15 is 0 Å². The lowest BCUT2D eigenvalue weighted by atomic mass is 10.2. The van der Waals surface area contributed by atoms with E-state index in [0.717, 1.165) is 10.2 Å². The number of hydrogen-bond acceptors (Lipinski definition) is 6. The molecular formula is C17H14N6O2S. The third-order valence-corrected chi connectivity index (χ3v) is 4.66. The first-order valence-electron chi connectivity index (χ1n) is 7.71. The van der Waals surface area contributed by atoms with Crippen LogP contribution in [0.2, 0.25) is 0 Å². The number of carbonyl (C=O) groups is 1. The molecule has 0 atom stereocenters. The van der Waals surface area contributed by atoms with E-state index in [-0.39, 0.29) is 11.3 Å². The molecule has 0 fully saturated rings. The number of nitrogens with one attached hydrogen (secondary N) is 1. The standard InChI is InChI=1S/C17H14N6O2S/c1-22-9-8-18-17(22)26-15-7-6-14-19-13(10-23(14)21-15)20-16(25)11-4-2-3-5-12(11)24/h2-10,24H,1H3,(H,20,25). The molecule has 26 heavy (non-hydrogen) atoms. The van der Waals surface area contributed by atoms with E-state index in [0.29, 0.717) is 11.5 Å². The van der Waals surface area contributed by atoms with Crippen molar-refractivity contribution in [1.29, 1.82) is 0 Å². The molecule has 1 amide bonds. The smallest absolute Gasteiger partial charge is 0.260 e. The Hall–Kier alpha value is -3.33. The second-order valence-corrected chi connectivity index (χ2v) is 6.48. The van der Waals surface area contributed by atoms with Gasteiger partial charge in [-0.25, -0.2) is 14.5 Å². The third-order valence-electron chi connectivity index (χ3n) is 3.66. The van der Waals surface area contributed by atoms with E-state index < -0.39 is 5.91 Å². The summed E-state index contributed by atoms with van der Waals surface area (Å²) in [6.45, 7) is 0. The molecule has 0 saturated carbocycles. The zero-order chi connectivity index (χ0) is 18.1. The van der Waals surface area contributed by atoms with Crippen molar-refractivity contribution < 1.29 is 9.90 Å². The van der Waals surface area contributed by atoms with Crippen LogP contribution in [0.15, 0.2) is 65.2 Å². The average Bonchev–Trinajstić information content (AvgIpc) is 3.20. The Balaban J connectivity index is 1.57. The van der Waals surface area contributed by atoms with E-state index in [2.05, 4.69) is 20.4 Å². The fourth-order valence-electron chi connectivity index (χ4n) is 2.37. The van der Waals surface area contributed by atoms with Gasteiger partial charge < -0.3 is 15.0 Å². The Labute approximate surface area is 152 Å². The highest BCUT2D eigenvalue weighted by Gasteiger charge is 2.13. The molecule has 0 saturated heterocycles. The van der Waals surface area contributed by atoms with Gasteiger partial charge in [-0.15, -0.1) is 0 Å². The fourth-order valence-corrected chi connectivity index (χ4v) is 3.14. The molecule has 8 nitrogen and oxygen atoms in total. The number of phenols is 1. The number of phenolic OH excluding ortho intramolecular Hbond substituents is 1. The molecule has 1 aromatic carbocycles. The van der Waals surface area contributed by atoms with Crippen LogP contribution < -0.4 is 5.32 Å². The zero-order valence-electron chi connectivity index (χ0n) is 13.7. The molecule has 0 bridgehead atoms. The Bertz CT molecular complexity index is 1100. The lowest BCUT2D eigenvalue weighted by Crippen LogP contribution is -2.12. The Morgan fingerprint density at radius 3 is 2.85 bits per heavy atom. The van der Waals surface area contributed by atoms with Crippen LogP contribution in [0.3, 0.4) is 0 Å². The minimum absolute atomic E-state index is 0.0827. The Morgan fingerprint density at radius 2 is 2.08 bits per heavy atom. The predicted molar refractivity (Wildman–Crippen MR) is 96.4 cm³/mol. The van der Waals surface area contributed by atoms with Gasteiger partial charge in [0.2, 0.25) is 0 Å². The van der Waals surface area contributed by atoms with E-state index in [1.165, 1.54) is 17.8 Å². The molecule has 3 aromatic heterocycles. The molecular weight excluding hydrogens is 352 g/mol. The minimum atomic E-state index is -0.436. The summed E-state index contributed by atoms with van der Waals surface area (Å²) < 4.78 is 3.49. The van der Waals surface area contributed by atoms with Crippen LogP contribution in [0.1, 0.15) is 10.4 Å². The Morgan fingerprint density at radius 1 is 1.23 bits per heavy atom. The van der Waals surface area contributed by atoms with Gasteiger partial charge in [-0.2, -0.15) is 5.10 Å². The van der Waals surface area contributed by atoms with E-state index in [1.807, 2.05) is 29.9 Å². The maximum absolute atomic E-state index is 12.3. The number of aromatic hydroxyl groups is 1. The number of amides is 1. The van der Waals surface area contributed by atoms with Gasteiger partial charge in [-0.3, -0.25) is 4.79 Å². The van der Waals surface area contributed by atoms with Gasteiger partial charge in [0.15, 0.2) is 16.6 Å². The number of nitrogens with zero attached hydrogens (tertiary/aromatic N) is 5. The van der Waals surface area contributed by atoms with E-state index in [1.54, 1.807) is 35.1 Å². The Kier molecular flexibility index (Phi) is 4.05. The van der Waals surface area contributed by atoms with Crippen molar-refractivity contribution in [2.75, 3.05) is 5.32 Å². The molecule has 0 spiro atoms. The van der Waals surface area contributed by atoms with Crippen LogP contribution in [0.4, 0.5) is 5.82 Å². The number of para-hydroxylation sites is 1. The minimum Gasteiger partial charge on any atom is -0.507 e. The third kappa shape index (κ3) is 3.11. The molecule has 4 aromatic rings. The molecule has 0 unspecified atom stereocenters. The molecule has 3 heterocycles. The van der Waals surface area contributed by atoms with Crippen molar-refractivity contribution in [3.63, 3.8) is 0 Å². The molecule has 9 heteroatoms. The van der Waals surface area contributed by atoms with Gasteiger partial charge in [0.25, 0.3) is 5.91 Å². The van der Waals surface area contributed by atoms with Crippen molar-refractivity contribution >= 4 is 29.1 Å². The van der Waals surface area contributed by atoms with Crippen molar-refractivity contribution in [1.82, 2.24) is 24.1 Å². The average molecular weight is 366 g/mol. The molecule has 0 aliphatic rings. The van der Waals surface area contributed by atoms with Gasteiger partial charge in [-0.1, -0.05) is 12.1 Å². The summed E-state index contributed by atoms with van der Waals surface area (Å²) in [5.74, 6) is -0.167. The van der Waals surface area contributed by atoms with Gasteiger partial charge in [0, 0.05) is 19.4 Å². The number of aryl methyl sites for hydroxylation is 1. The summed E-state index contributed by atoms with van der Waals surface area (Å²) >= 11 is 1.43. The van der Waals surface area contributed by atoms with Crippen LogP contribution in [0.5, 0.6) is 5.75 Å². The first-order chi connectivity index (χ1) is 12.6. The molecule has 4 rings (SSSR count). The summed E-state index contributed by atoms with van der Waals surface area (Å²) in [5.41, 5.74) is 0.783. The van der Waals surface area contributed by atoms with Gasteiger partial charge in [0.05, 0.1) is 11.8 Å². The van der Waals surface area contributed by atoms with Crippen LogP contribution in [-0.2, 0) is 7.05 Å². The summed E-state index contributed by atoms with van der Waals surface area (Å²) in [6.07, 6.45) is 5.21. The van der Waals surface area contributed by atoms with Crippen LogP contribution >= 0.6 is 11.8 Å². The van der Waals surface area contributed by atoms with Gasteiger partial charge in [-0.05, 0) is 36.0 Å². The highest BCUT2D eigenvalue weighted by molar-refractivity contribution is 7.99. The van der Waals surface area contributed by atoms with Crippen molar-refractivity contribution in [3.8, 4) is 5.75 Å². The second-order valence-electron chi connectivity index (χ2n) is 5.49. The molecule has 130 valence electrons. The van der Waals surface area contributed by atoms with Crippen LogP contribution in [-0.4, -0.2) is 35.2 Å². The van der Waals surface area contributed by atoms with E-state index in [4.69, 9.17) is 0 Å². The highest BCUT2D eigenvalue weighted by atomic mass is 32.2. The second kappa shape index (κ2) is 6.52. The number of imidazole rings is 2. The number of fused-ring (bicyclic) bond motifs is 1. The number of aromatic nitrogens is 5. The summed E-state index contributed by atoms with van der Waals surface area (Å²) in [5, 5.41) is 18.5. The summed E-state index contributed by atoms with van der Waals surface area (Å²) in [7, 11) is 1.91. The number of anilines is 1. The summed E-state index contributed by atoms with van der Waals surface area (Å²) in [6, 6.07) is 9.99. The van der Waals surface area contributed by atoms with Crippen LogP contribution in [0.25, 0.3) is 5.65 Å². The maximum Gasteiger partial charge on any atom is 0.260 e. The zero-order valence-corrected chi connectivity index (χ0v) is 14.5. The van der Waals surface area contributed by atoms with Crippen molar-refractivity contribution in [3.05, 3.63) is 60.6 Å². The van der Waals surface area contributed by atoms with E-state index in [9.17, 15) is 9.90 Å². The largest absolute Gasteiger partial charge is 0.507 e. The summed E-state index contributed by atoms with van der Waals surface area (Å²) in [4.78, 5) is 20.9. The maximum atomic E-state index is 12.3. The van der Waals surface area contributed by atoms with Gasteiger partial charge in [0.1, 0.15) is 10.8 Å². The van der Waals surface area contributed by atoms with Crippen molar-refractivity contribution in [2.24, 2.45) is 7.05 Å². The lowest BCUT2D eigenvalue weighted by molar-refractivity contribution is 0.102. The predicted octanol–water partition coefficient (Wildman–Crippen LogP) is 2.57. The topological polar surface area (TPSA) is 97.3 Å². The van der Waals surface area contributed by atoms with Gasteiger partial charge >= 0.3 is 0 Å². The molecule has 2 N–H and O–H groups in total.